The number of aryl methyl sites for hydroxylation is 2. The Morgan fingerprint density at radius 1 is 1.19 bits per heavy atom. The number of hydrogen-bond acceptors (Lipinski definition) is 2. The highest BCUT2D eigenvalue weighted by Crippen LogP contribution is 2.36. The lowest BCUT2D eigenvalue weighted by Crippen LogP contribution is -2.23. The molecule has 0 spiro atoms. The summed E-state index contributed by atoms with van der Waals surface area (Å²) in [4.78, 5) is 2.41. The predicted octanol–water partition coefficient (Wildman–Crippen LogP) is 4.60. The third kappa shape index (κ3) is 2.87. The van der Waals surface area contributed by atoms with E-state index in [2.05, 4.69) is 11.4 Å². The Morgan fingerprint density at radius 2 is 1.90 bits per heavy atom. The van der Waals surface area contributed by atoms with Gasteiger partial charge >= 0.3 is 0 Å². The smallest absolute Gasteiger partial charge is 0.131 e. The van der Waals surface area contributed by atoms with Crippen LogP contribution in [0, 0.1) is 11.6 Å². The van der Waals surface area contributed by atoms with Gasteiger partial charge in [0.2, 0.25) is 0 Å². The zero-order chi connectivity index (χ0) is 14.8. The molecule has 0 bridgehead atoms. The molecule has 0 radical (unpaired) electrons. The van der Waals surface area contributed by atoms with Crippen molar-refractivity contribution in [3.8, 4) is 0 Å². The van der Waals surface area contributed by atoms with Crippen molar-refractivity contribution < 1.29 is 8.78 Å². The van der Waals surface area contributed by atoms with E-state index in [0.29, 0.717) is 6.54 Å². The molecule has 1 aliphatic rings. The number of fused-ring (bicyclic) bond motifs is 1. The quantitative estimate of drug-likeness (QED) is 0.870. The summed E-state index contributed by atoms with van der Waals surface area (Å²) < 4.78 is 28.2. The second kappa shape index (κ2) is 6.24. The van der Waals surface area contributed by atoms with Crippen LogP contribution in [0.2, 0.25) is 0 Å². The summed E-state index contributed by atoms with van der Waals surface area (Å²) in [6.07, 6.45) is 4.61. The van der Waals surface area contributed by atoms with Gasteiger partial charge in [-0.15, -0.1) is 11.3 Å². The van der Waals surface area contributed by atoms with Gasteiger partial charge in [-0.2, -0.15) is 0 Å². The lowest BCUT2D eigenvalue weighted by atomic mass is 9.97. The van der Waals surface area contributed by atoms with Crippen LogP contribution in [0.15, 0.2) is 24.3 Å². The molecular formula is C17H19F2NS. The van der Waals surface area contributed by atoms with Crippen LogP contribution in [0.25, 0.3) is 0 Å². The van der Waals surface area contributed by atoms with Crippen LogP contribution in [-0.4, -0.2) is 6.54 Å². The highest BCUT2D eigenvalue weighted by atomic mass is 32.1. The van der Waals surface area contributed by atoms with Crippen molar-refractivity contribution in [1.82, 2.24) is 5.32 Å². The molecule has 1 unspecified atom stereocenters. The zero-order valence-electron chi connectivity index (χ0n) is 12.1. The van der Waals surface area contributed by atoms with E-state index in [0.717, 1.165) is 17.7 Å². The zero-order valence-corrected chi connectivity index (χ0v) is 12.9. The van der Waals surface area contributed by atoms with E-state index < -0.39 is 17.7 Å². The van der Waals surface area contributed by atoms with Crippen molar-refractivity contribution in [1.29, 1.82) is 0 Å². The second-order valence-corrected chi connectivity index (χ2v) is 6.60. The topological polar surface area (TPSA) is 12.0 Å². The minimum absolute atomic E-state index is 0.137. The predicted molar refractivity (Wildman–Crippen MR) is 82.8 cm³/mol. The normalized spacial score (nSPS) is 15.8. The summed E-state index contributed by atoms with van der Waals surface area (Å²) in [7, 11) is 0. The van der Waals surface area contributed by atoms with Gasteiger partial charge in [0.25, 0.3) is 0 Å². The van der Waals surface area contributed by atoms with Crippen molar-refractivity contribution in [2.24, 2.45) is 0 Å². The van der Waals surface area contributed by atoms with E-state index in [9.17, 15) is 8.78 Å². The van der Waals surface area contributed by atoms with Crippen LogP contribution in [0.3, 0.4) is 0 Å². The molecule has 1 aromatic carbocycles. The molecule has 0 fully saturated rings. The maximum absolute atomic E-state index is 14.1. The van der Waals surface area contributed by atoms with Gasteiger partial charge < -0.3 is 5.32 Å². The van der Waals surface area contributed by atoms with E-state index in [-0.39, 0.29) is 5.56 Å². The Bertz CT molecular complexity index is 592. The molecular weight excluding hydrogens is 288 g/mol. The molecule has 1 aromatic heterocycles. The fraction of sp³-hybridized carbons (Fsp3) is 0.412. The molecule has 1 atom stereocenters. The molecule has 1 aliphatic carbocycles. The third-order valence-electron chi connectivity index (χ3n) is 4.00. The van der Waals surface area contributed by atoms with E-state index >= 15 is 0 Å². The molecule has 1 nitrogen and oxygen atoms in total. The first-order valence-corrected chi connectivity index (χ1v) is 8.31. The molecule has 1 heterocycles. The average molecular weight is 307 g/mol. The lowest BCUT2D eigenvalue weighted by molar-refractivity contribution is 0.513. The van der Waals surface area contributed by atoms with E-state index in [1.807, 2.05) is 6.92 Å². The van der Waals surface area contributed by atoms with Gasteiger partial charge in [0, 0.05) is 15.3 Å². The number of thiophene rings is 1. The van der Waals surface area contributed by atoms with E-state index in [4.69, 9.17) is 0 Å². The van der Waals surface area contributed by atoms with Gasteiger partial charge in [-0.05, 0) is 56.0 Å². The standard InChI is InChI=1S/C17H19F2NS/c1-2-20-17(16-12(18)7-5-8-13(16)19)15-10-11-6-3-4-9-14(11)21-15/h5,7-8,10,17,20H,2-4,6,9H2,1H3. The van der Waals surface area contributed by atoms with Gasteiger partial charge in [0.1, 0.15) is 11.6 Å². The first-order chi connectivity index (χ1) is 10.2. The van der Waals surface area contributed by atoms with E-state index in [1.165, 1.54) is 41.5 Å². The molecule has 21 heavy (non-hydrogen) atoms. The summed E-state index contributed by atoms with van der Waals surface area (Å²) in [6, 6.07) is 5.81. The van der Waals surface area contributed by atoms with Crippen molar-refractivity contribution in [3.63, 3.8) is 0 Å². The summed E-state index contributed by atoms with van der Waals surface area (Å²) in [6.45, 7) is 2.63. The van der Waals surface area contributed by atoms with Crippen molar-refractivity contribution in [3.05, 3.63) is 56.8 Å². The highest BCUT2D eigenvalue weighted by Gasteiger charge is 2.24. The third-order valence-corrected chi connectivity index (χ3v) is 5.30. The molecule has 112 valence electrons. The van der Waals surface area contributed by atoms with Gasteiger partial charge in [-0.1, -0.05) is 13.0 Å². The summed E-state index contributed by atoms with van der Waals surface area (Å²) in [5, 5.41) is 3.24. The van der Waals surface area contributed by atoms with Crippen LogP contribution >= 0.6 is 11.3 Å². The van der Waals surface area contributed by atoms with Gasteiger partial charge in [-0.3, -0.25) is 0 Å². The van der Waals surface area contributed by atoms with Crippen LogP contribution in [0.1, 0.15) is 46.7 Å². The van der Waals surface area contributed by atoms with Crippen LogP contribution in [0.4, 0.5) is 8.78 Å². The monoisotopic (exact) mass is 307 g/mol. The first-order valence-electron chi connectivity index (χ1n) is 7.49. The number of hydrogen-bond donors (Lipinski definition) is 1. The Kier molecular flexibility index (Phi) is 4.36. The molecule has 2 aromatic rings. The Balaban J connectivity index is 2.03. The molecule has 3 rings (SSSR count). The van der Waals surface area contributed by atoms with Crippen LogP contribution < -0.4 is 5.32 Å². The second-order valence-electron chi connectivity index (χ2n) is 5.43. The minimum Gasteiger partial charge on any atom is -0.306 e. The van der Waals surface area contributed by atoms with Crippen molar-refractivity contribution >= 4 is 11.3 Å². The summed E-state index contributed by atoms with van der Waals surface area (Å²) >= 11 is 1.70. The lowest BCUT2D eigenvalue weighted by Gasteiger charge is -2.18. The number of rotatable bonds is 4. The van der Waals surface area contributed by atoms with Gasteiger partial charge in [-0.25, -0.2) is 8.78 Å². The molecule has 0 aliphatic heterocycles. The molecule has 0 saturated heterocycles. The van der Waals surface area contributed by atoms with Gasteiger partial charge in [0.05, 0.1) is 6.04 Å². The Hall–Kier alpha value is -1.26. The maximum atomic E-state index is 14.1. The maximum Gasteiger partial charge on any atom is 0.131 e. The van der Waals surface area contributed by atoms with Gasteiger partial charge in [0.15, 0.2) is 0 Å². The fourth-order valence-corrected chi connectivity index (χ4v) is 4.33. The van der Waals surface area contributed by atoms with E-state index in [1.54, 1.807) is 11.3 Å². The Morgan fingerprint density at radius 3 is 2.57 bits per heavy atom. The molecule has 0 saturated carbocycles. The average Bonchev–Trinajstić information content (AvgIpc) is 2.89. The fourth-order valence-electron chi connectivity index (χ4n) is 2.99. The number of halogens is 2. The molecule has 1 N–H and O–H groups in total. The van der Waals surface area contributed by atoms with Crippen LogP contribution in [0.5, 0.6) is 0 Å². The van der Waals surface area contributed by atoms with Crippen molar-refractivity contribution in [2.45, 2.75) is 38.6 Å². The molecule has 0 amide bonds. The largest absolute Gasteiger partial charge is 0.306 e. The number of benzene rings is 1. The van der Waals surface area contributed by atoms with Crippen LogP contribution in [-0.2, 0) is 12.8 Å². The summed E-state index contributed by atoms with van der Waals surface area (Å²) in [5.74, 6) is -0.959. The first kappa shape index (κ1) is 14.7. The minimum atomic E-state index is -0.479. The number of nitrogens with one attached hydrogen (secondary N) is 1. The summed E-state index contributed by atoms with van der Waals surface area (Å²) in [5.41, 5.74) is 1.50. The Labute approximate surface area is 128 Å². The SMILES string of the molecule is CCNC(c1cc2c(s1)CCCC2)c1c(F)cccc1F. The molecule has 4 heteroatoms. The van der Waals surface area contributed by atoms with Crippen molar-refractivity contribution in [2.75, 3.05) is 6.54 Å². The highest BCUT2D eigenvalue weighted by molar-refractivity contribution is 7.12.